The van der Waals surface area contributed by atoms with Crippen LogP contribution < -0.4 is 5.32 Å². The molecule has 0 aliphatic carbocycles. The van der Waals surface area contributed by atoms with Crippen molar-refractivity contribution >= 4 is 17.7 Å². The predicted octanol–water partition coefficient (Wildman–Crippen LogP) is 3.89. The summed E-state index contributed by atoms with van der Waals surface area (Å²) in [5.74, 6) is 0.446. The Kier molecular flexibility index (Phi) is 6.28. The monoisotopic (exact) mass is 331 g/mol. The second-order valence-corrected chi connectivity index (χ2v) is 6.86. The highest BCUT2D eigenvalue weighted by molar-refractivity contribution is 7.99. The van der Waals surface area contributed by atoms with Gasteiger partial charge in [0.15, 0.2) is 5.16 Å². The molecule has 4 nitrogen and oxygen atoms in total. The Morgan fingerprint density at radius 3 is 2.87 bits per heavy atom. The topological polar surface area (TPSA) is 46.9 Å². The molecule has 1 heterocycles. The smallest absolute Gasteiger partial charge is 0.230 e. The van der Waals surface area contributed by atoms with E-state index in [1.807, 2.05) is 17.7 Å². The third kappa shape index (κ3) is 4.86. The lowest BCUT2D eigenvalue weighted by Crippen LogP contribution is -2.33. The number of benzene rings is 1. The molecule has 2 aromatic rings. The lowest BCUT2D eigenvalue weighted by molar-refractivity contribution is -0.119. The van der Waals surface area contributed by atoms with E-state index in [1.165, 1.54) is 22.9 Å². The zero-order valence-electron chi connectivity index (χ0n) is 14.3. The summed E-state index contributed by atoms with van der Waals surface area (Å²) in [7, 11) is 0. The number of rotatable bonds is 7. The predicted molar refractivity (Wildman–Crippen MR) is 96.3 cm³/mol. The number of aromatic nitrogens is 2. The van der Waals surface area contributed by atoms with Crippen LogP contribution >= 0.6 is 11.8 Å². The highest BCUT2D eigenvalue weighted by Gasteiger charge is 2.12. The van der Waals surface area contributed by atoms with E-state index in [0.29, 0.717) is 5.75 Å². The molecular formula is C18H25N3OS. The van der Waals surface area contributed by atoms with Crippen molar-refractivity contribution in [3.63, 3.8) is 0 Å². The van der Waals surface area contributed by atoms with Crippen LogP contribution in [0.3, 0.4) is 0 Å². The van der Waals surface area contributed by atoms with Gasteiger partial charge in [0.05, 0.1) is 11.4 Å². The molecule has 0 fully saturated rings. The third-order valence-electron chi connectivity index (χ3n) is 3.68. The first-order valence-electron chi connectivity index (χ1n) is 8.04. The molecule has 124 valence electrons. The van der Waals surface area contributed by atoms with E-state index in [9.17, 15) is 4.79 Å². The number of carbonyl (C=O) groups excluding carboxylic acids is 1. The number of nitrogens with one attached hydrogen (secondary N) is 1. The SMILES string of the molecule is CCCC(C)NC(=O)CSc1nccn1-c1ccc(C)cc1C. The molecule has 0 saturated heterocycles. The standard InChI is InChI=1S/C18H25N3OS/c1-5-6-15(4)20-17(22)12-23-18-19-9-10-21(18)16-8-7-13(2)11-14(16)3/h7-11,15H,5-6,12H2,1-4H3,(H,20,22). The number of hydrogen-bond acceptors (Lipinski definition) is 3. The molecule has 0 radical (unpaired) electrons. The molecule has 0 aliphatic heterocycles. The van der Waals surface area contributed by atoms with Gasteiger partial charge in [-0.25, -0.2) is 4.98 Å². The van der Waals surface area contributed by atoms with Gasteiger partial charge in [0.25, 0.3) is 0 Å². The zero-order valence-corrected chi connectivity index (χ0v) is 15.1. The zero-order chi connectivity index (χ0) is 16.8. The van der Waals surface area contributed by atoms with Gasteiger partial charge < -0.3 is 5.32 Å². The summed E-state index contributed by atoms with van der Waals surface area (Å²) in [6.45, 7) is 8.35. The van der Waals surface area contributed by atoms with Crippen LogP contribution in [0.15, 0.2) is 35.7 Å². The van der Waals surface area contributed by atoms with Crippen LogP contribution in [0.4, 0.5) is 0 Å². The van der Waals surface area contributed by atoms with Gasteiger partial charge in [-0.2, -0.15) is 0 Å². The lowest BCUT2D eigenvalue weighted by Gasteiger charge is -2.13. The summed E-state index contributed by atoms with van der Waals surface area (Å²) < 4.78 is 2.04. The fraction of sp³-hybridized carbons (Fsp3) is 0.444. The van der Waals surface area contributed by atoms with Crippen LogP contribution in [0.2, 0.25) is 0 Å². The highest BCUT2D eigenvalue weighted by atomic mass is 32.2. The minimum atomic E-state index is 0.0612. The Morgan fingerprint density at radius 2 is 2.17 bits per heavy atom. The fourth-order valence-corrected chi connectivity index (χ4v) is 3.38. The molecule has 0 spiro atoms. The molecule has 1 amide bonds. The van der Waals surface area contributed by atoms with Gasteiger partial charge >= 0.3 is 0 Å². The second-order valence-electron chi connectivity index (χ2n) is 5.92. The van der Waals surface area contributed by atoms with Crippen molar-refractivity contribution in [2.75, 3.05) is 5.75 Å². The number of nitrogens with zero attached hydrogens (tertiary/aromatic N) is 2. The van der Waals surface area contributed by atoms with Crippen molar-refractivity contribution in [3.05, 3.63) is 41.7 Å². The number of aryl methyl sites for hydroxylation is 2. The fourth-order valence-electron chi connectivity index (χ4n) is 2.61. The Morgan fingerprint density at radius 1 is 1.39 bits per heavy atom. The quantitative estimate of drug-likeness (QED) is 0.783. The van der Waals surface area contributed by atoms with E-state index in [1.54, 1.807) is 6.20 Å². The third-order valence-corrected chi connectivity index (χ3v) is 4.65. The summed E-state index contributed by atoms with van der Waals surface area (Å²) in [6, 6.07) is 6.57. The second kappa shape index (κ2) is 8.20. The number of carbonyl (C=O) groups is 1. The minimum Gasteiger partial charge on any atom is -0.353 e. The molecule has 23 heavy (non-hydrogen) atoms. The van der Waals surface area contributed by atoms with Crippen molar-refractivity contribution in [3.8, 4) is 5.69 Å². The molecule has 0 bridgehead atoms. The molecule has 0 aliphatic rings. The van der Waals surface area contributed by atoms with Crippen molar-refractivity contribution in [1.29, 1.82) is 0 Å². The minimum absolute atomic E-state index is 0.0612. The first-order valence-corrected chi connectivity index (χ1v) is 9.03. The van der Waals surface area contributed by atoms with Crippen molar-refractivity contribution in [2.45, 2.75) is 51.7 Å². The maximum Gasteiger partial charge on any atom is 0.230 e. The van der Waals surface area contributed by atoms with Gasteiger partial charge in [-0.3, -0.25) is 9.36 Å². The summed E-state index contributed by atoms with van der Waals surface area (Å²) in [6.07, 6.45) is 5.80. The van der Waals surface area contributed by atoms with E-state index in [0.717, 1.165) is 23.7 Å². The van der Waals surface area contributed by atoms with Crippen LogP contribution in [0.5, 0.6) is 0 Å². The molecule has 2 rings (SSSR count). The van der Waals surface area contributed by atoms with E-state index in [4.69, 9.17) is 0 Å². The molecular weight excluding hydrogens is 306 g/mol. The lowest BCUT2D eigenvalue weighted by atomic mass is 10.1. The van der Waals surface area contributed by atoms with Crippen LogP contribution in [0, 0.1) is 13.8 Å². The molecule has 1 aromatic heterocycles. The number of imidazole rings is 1. The average molecular weight is 331 g/mol. The van der Waals surface area contributed by atoms with Crippen LogP contribution in [0.1, 0.15) is 37.8 Å². The largest absolute Gasteiger partial charge is 0.353 e. The van der Waals surface area contributed by atoms with Crippen molar-refractivity contribution in [1.82, 2.24) is 14.9 Å². The highest BCUT2D eigenvalue weighted by Crippen LogP contribution is 2.23. The number of hydrogen-bond donors (Lipinski definition) is 1. The number of amides is 1. The van der Waals surface area contributed by atoms with Crippen LogP contribution in [-0.2, 0) is 4.79 Å². The molecule has 0 saturated carbocycles. The van der Waals surface area contributed by atoms with Gasteiger partial charge in [-0.1, -0.05) is 42.8 Å². The van der Waals surface area contributed by atoms with Crippen LogP contribution in [-0.4, -0.2) is 27.3 Å². The summed E-state index contributed by atoms with van der Waals surface area (Å²) in [5.41, 5.74) is 3.55. The molecule has 1 atom stereocenters. The Balaban J connectivity index is 2.03. The summed E-state index contributed by atoms with van der Waals surface area (Å²) in [4.78, 5) is 16.4. The van der Waals surface area contributed by atoms with Crippen molar-refractivity contribution in [2.24, 2.45) is 0 Å². The molecule has 1 unspecified atom stereocenters. The Bertz CT molecular complexity index is 666. The molecule has 1 aromatic carbocycles. The van der Waals surface area contributed by atoms with Gasteiger partial charge in [-0.15, -0.1) is 0 Å². The van der Waals surface area contributed by atoms with Gasteiger partial charge in [0.1, 0.15) is 0 Å². The Hall–Kier alpha value is -1.75. The summed E-state index contributed by atoms with van der Waals surface area (Å²) >= 11 is 1.47. The van der Waals surface area contributed by atoms with Crippen molar-refractivity contribution < 1.29 is 4.79 Å². The van der Waals surface area contributed by atoms with Gasteiger partial charge in [0, 0.05) is 18.4 Å². The van der Waals surface area contributed by atoms with E-state index in [-0.39, 0.29) is 11.9 Å². The Labute approximate surface area is 142 Å². The maximum atomic E-state index is 12.0. The molecule has 1 N–H and O–H groups in total. The van der Waals surface area contributed by atoms with E-state index >= 15 is 0 Å². The molecule has 5 heteroatoms. The first kappa shape index (κ1) is 17.6. The van der Waals surface area contributed by atoms with Gasteiger partial charge in [0.2, 0.25) is 5.91 Å². The van der Waals surface area contributed by atoms with E-state index in [2.05, 4.69) is 49.3 Å². The van der Waals surface area contributed by atoms with E-state index < -0.39 is 0 Å². The summed E-state index contributed by atoms with van der Waals surface area (Å²) in [5, 5.41) is 3.87. The van der Waals surface area contributed by atoms with Gasteiger partial charge in [-0.05, 0) is 38.8 Å². The normalized spacial score (nSPS) is 12.2. The average Bonchev–Trinajstić information content (AvgIpc) is 2.93. The number of thioether (sulfide) groups is 1. The maximum absolute atomic E-state index is 12.0. The van der Waals surface area contributed by atoms with Crippen LogP contribution in [0.25, 0.3) is 5.69 Å². The first-order chi connectivity index (χ1) is 11.0.